The van der Waals surface area contributed by atoms with E-state index in [0.717, 1.165) is 42.8 Å². The summed E-state index contributed by atoms with van der Waals surface area (Å²) < 4.78 is 7.35. The molecule has 1 aliphatic heterocycles. The molecule has 1 amide bonds. The van der Waals surface area contributed by atoms with Crippen molar-refractivity contribution >= 4 is 11.6 Å². The molecule has 0 aliphatic carbocycles. The first-order valence-electron chi connectivity index (χ1n) is 9.82. The van der Waals surface area contributed by atoms with Gasteiger partial charge in [0.2, 0.25) is 0 Å². The van der Waals surface area contributed by atoms with Gasteiger partial charge in [-0.3, -0.25) is 4.79 Å². The summed E-state index contributed by atoms with van der Waals surface area (Å²) in [5, 5.41) is 7.40. The minimum Gasteiger partial charge on any atom is -0.376 e. The molecule has 0 radical (unpaired) electrons. The fourth-order valence-corrected chi connectivity index (χ4v) is 3.74. The van der Waals surface area contributed by atoms with Gasteiger partial charge in [-0.15, -0.1) is 0 Å². The molecule has 4 rings (SSSR count). The van der Waals surface area contributed by atoms with Gasteiger partial charge in [-0.05, 0) is 44.7 Å². The number of hydrogen-bond acceptors (Lipinski definition) is 4. The summed E-state index contributed by atoms with van der Waals surface area (Å²) in [6, 6.07) is 8.53. The summed E-state index contributed by atoms with van der Waals surface area (Å²) in [5.41, 5.74) is 6.68. The lowest BCUT2D eigenvalue weighted by Crippen LogP contribution is -2.31. The number of rotatable bonds is 5. The summed E-state index contributed by atoms with van der Waals surface area (Å²) in [4.78, 5) is 17.4. The number of aromatic nitrogens is 3. The molecule has 1 N–H and O–H groups in total. The standard InChI is InChI=1S/C22H26N4O2/c1-14-6-8-17(9-7-14)11-19-15(2)25-21-20(13-24-26(21)16(19)3)22(27)23-12-18-5-4-10-28-18/h6-9,13,18H,4-5,10-12H2,1-3H3,(H,23,27)/t18-/m0/s1. The third-order valence-corrected chi connectivity index (χ3v) is 5.47. The van der Waals surface area contributed by atoms with E-state index in [-0.39, 0.29) is 12.0 Å². The third kappa shape index (κ3) is 3.64. The number of aryl methyl sites for hydroxylation is 3. The second kappa shape index (κ2) is 7.72. The van der Waals surface area contributed by atoms with Crippen LogP contribution in [0.5, 0.6) is 0 Å². The normalized spacial score (nSPS) is 16.6. The molecule has 0 saturated carbocycles. The minimum absolute atomic E-state index is 0.114. The van der Waals surface area contributed by atoms with Crippen LogP contribution in [-0.4, -0.2) is 39.8 Å². The Balaban J connectivity index is 1.59. The van der Waals surface area contributed by atoms with Crippen LogP contribution in [0.1, 0.15) is 51.3 Å². The molecule has 0 bridgehead atoms. The van der Waals surface area contributed by atoms with Crippen molar-refractivity contribution in [3.63, 3.8) is 0 Å². The summed E-state index contributed by atoms with van der Waals surface area (Å²) in [7, 11) is 0. The molecule has 1 aliphatic rings. The second-order valence-corrected chi connectivity index (χ2v) is 7.56. The quantitative estimate of drug-likeness (QED) is 0.740. The molecule has 0 unspecified atom stereocenters. The smallest absolute Gasteiger partial charge is 0.256 e. The van der Waals surface area contributed by atoms with Crippen LogP contribution in [0.4, 0.5) is 0 Å². The van der Waals surface area contributed by atoms with E-state index in [0.29, 0.717) is 17.8 Å². The van der Waals surface area contributed by atoms with Crippen LogP contribution >= 0.6 is 0 Å². The fraction of sp³-hybridized carbons (Fsp3) is 0.409. The van der Waals surface area contributed by atoms with E-state index in [1.165, 1.54) is 11.1 Å². The molecule has 6 heteroatoms. The van der Waals surface area contributed by atoms with E-state index in [4.69, 9.17) is 9.72 Å². The Labute approximate surface area is 164 Å². The van der Waals surface area contributed by atoms with Gasteiger partial charge < -0.3 is 10.1 Å². The van der Waals surface area contributed by atoms with Gasteiger partial charge in [0, 0.05) is 31.0 Å². The summed E-state index contributed by atoms with van der Waals surface area (Å²) >= 11 is 0. The van der Waals surface area contributed by atoms with E-state index < -0.39 is 0 Å². The molecular formula is C22H26N4O2. The molecule has 2 aromatic heterocycles. The Morgan fingerprint density at radius 1 is 1.25 bits per heavy atom. The lowest BCUT2D eigenvalue weighted by atomic mass is 10.0. The average Bonchev–Trinajstić information content (AvgIpc) is 3.34. The number of fused-ring (bicyclic) bond motifs is 1. The van der Waals surface area contributed by atoms with Crippen LogP contribution in [-0.2, 0) is 11.2 Å². The molecular weight excluding hydrogens is 352 g/mol. The second-order valence-electron chi connectivity index (χ2n) is 7.56. The maximum atomic E-state index is 12.6. The van der Waals surface area contributed by atoms with Gasteiger partial charge in [0.1, 0.15) is 5.56 Å². The largest absolute Gasteiger partial charge is 0.376 e. The van der Waals surface area contributed by atoms with Gasteiger partial charge in [-0.1, -0.05) is 29.8 Å². The van der Waals surface area contributed by atoms with Crippen LogP contribution in [0.15, 0.2) is 30.5 Å². The van der Waals surface area contributed by atoms with E-state index in [1.807, 2.05) is 13.8 Å². The van der Waals surface area contributed by atoms with Gasteiger partial charge >= 0.3 is 0 Å². The zero-order valence-electron chi connectivity index (χ0n) is 16.7. The zero-order chi connectivity index (χ0) is 19.7. The van der Waals surface area contributed by atoms with Gasteiger partial charge in [-0.2, -0.15) is 5.10 Å². The van der Waals surface area contributed by atoms with Crippen molar-refractivity contribution < 1.29 is 9.53 Å². The predicted octanol–water partition coefficient (Wildman–Crippen LogP) is 3.15. The van der Waals surface area contributed by atoms with Crippen LogP contribution < -0.4 is 5.32 Å². The first kappa shape index (κ1) is 18.6. The highest BCUT2D eigenvalue weighted by atomic mass is 16.5. The van der Waals surface area contributed by atoms with Crippen molar-refractivity contribution in [2.75, 3.05) is 13.2 Å². The molecule has 1 saturated heterocycles. The van der Waals surface area contributed by atoms with Crippen molar-refractivity contribution in [2.45, 2.75) is 46.1 Å². The molecule has 146 valence electrons. The van der Waals surface area contributed by atoms with Crippen molar-refractivity contribution in [1.29, 1.82) is 0 Å². The van der Waals surface area contributed by atoms with Gasteiger partial charge in [0.05, 0.1) is 12.3 Å². The molecule has 0 spiro atoms. The highest BCUT2D eigenvalue weighted by Gasteiger charge is 2.21. The number of nitrogens with one attached hydrogen (secondary N) is 1. The molecule has 6 nitrogen and oxygen atoms in total. The Morgan fingerprint density at radius 3 is 2.75 bits per heavy atom. The SMILES string of the molecule is Cc1ccc(Cc2c(C)nc3c(C(=O)NC[C@@H]4CCCO4)cnn3c2C)cc1. The predicted molar refractivity (Wildman–Crippen MR) is 108 cm³/mol. The van der Waals surface area contributed by atoms with E-state index in [2.05, 4.69) is 41.6 Å². The van der Waals surface area contributed by atoms with Gasteiger partial charge in [0.25, 0.3) is 5.91 Å². The van der Waals surface area contributed by atoms with Crippen LogP contribution in [0, 0.1) is 20.8 Å². The number of carbonyl (C=O) groups excluding carboxylic acids is 1. The number of ether oxygens (including phenoxy) is 1. The fourth-order valence-electron chi connectivity index (χ4n) is 3.74. The van der Waals surface area contributed by atoms with E-state index >= 15 is 0 Å². The zero-order valence-corrected chi connectivity index (χ0v) is 16.7. The molecule has 28 heavy (non-hydrogen) atoms. The van der Waals surface area contributed by atoms with Crippen molar-refractivity contribution in [1.82, 2.24) is 19.9 Å². The lowest BCUT2D eigenvalue weighted by molar-refractivity contribution is 0.0859. The highest BCUT2D eigenvalue weighted by molar-refractivity contribution is 5.99. The maximum absolute atomic E-state index is 12.6. The van der Waals surface area contributed by atoms with E-state index in [9.17, 15) is 4.79 Å². The Morgan fingerprint density at radius 2 is 2.04 bits per heavy atom. The van der Waals surface area contributed by atoms with Crippen molar-refractivity contribution in [2.24, 2.45) is 0 Å². The number of amides is 1. The molecule has 1 atom stereocenters. The average molecular weight is 378 g/mol. The number of benzene rings is 1. The number of nitrogens with zero attached hydrogens (tertiary/aromatic N) is 3. The van der Waals surface area contributed by atoms with Crippen LogP contribution in [0.2, 0.25) is 0 Å². The monoisotopic (exact) mass is 378 g/mol. The number of carbonyl (C=O) groups is 1. The number of hydrogen-bond donors (Lipinski definition) is 1. The molecule has 1 aromatic carbocycles. The minimum atomic E-state index is -0.150. The van der Waals surface area contributed by atoms with Gasteiger partial charge in [-0.25, -0.2) is 9.50 Å². The molecule has 1 fully saturated rings. The van der Waals surface area contributed by atoms with Crippen LogP contribution in [0.3, 0.4) is 0 Å². The summed E-state index contributed by atoms with van der Waals surface area (Å²) in [6.07, 6.45) is 4.56. The first-order valence-corrected chi connectivity index (χ1v) is 9.82. The van der Waals surface area contributed by atoms with Crippen LogP contribution in [0.25, 0.3) is 5.65 Å². The maximum Gasteiger partial charge on any atom is 0.256 e. The summed E-state index contributed by atoms with van der Waals surface area (Å²) in [5.74, 6) is -0.150. The van der Waals surface area contributed by atoms with E-state index in [1.54, 1.807) is 10.7 Å². The first-order chi connectivity index (χ1) is 13.5. The Kier molecular flexibility index (Phi) is 5.13. The molecule has 3 aromatic rings. The third-order valence-electron chi connectivity index (χ3n) is 5.47. The van der Waals surface area contributed by atoms with Crippen molar-refractivity contribution in [3.8, 4) is 0 Å². The topological polar surface area (TPSA) is 68.5 Å². The Bertz CT molecular complexity index is 1000. The molecule has 3 heterocycles. The Hall–Kier alpha value is -2.73. The van der Waals surface area contributed by atoms with Gasteiger partial charge in [0.15, 0.2) is 5.65 Å². The summed E-state index contributed by atoms with van der Waals surface area (Å²) in [6.45, 7) is 7.42. The lowest BCUT2D eigenvalue weighted by Gasteiger charge is -2.13. The highest BCUT2D eigenvalue weighted by Crippen LogP contribution is 2.21. The van der Waals surface area contributed by atoms with Crippen molar-refractivity contribution in [3.05, 3.63) is 64.1 Å².